The molecule has 0 unspecified atom stereocenters. The number of nitrogens with zero attached hydrogens (tertiary/aromatic N) is 3. The number of anilines is 2. The maximum atomic E-state index is 13.3. The van der Waals surface area contributed by atoms with Gasteiger partial charge in [0.05, 0.1) is 10.5 Å². The van der Waals surface area contributed by atoms with Gasteiger partial charge >= 0.3 is 0 Å². The van der Waals surface area contributed by atoms with Crippen molar-refractivity contribution in [3.63, 3.8) is 0 Å². The quantitative estimate of drug-likeness (QED) is 0.235. The van der Waals surface area contributed by atoms with E-state index in [1.807, 2.05) is 0 Å². The topological polar surface area (TPSA) is 98.2 Å². The summed E-state index contributed by atoms with van der Waals surface area (Å²) in [5.41, 5.74) is 2.19. The molecule has 1 aromatic carbocycles. The summed E-state index contributed by atoms with van der Waals surface area (Å²) < 4.78 is 13.3. The highest BCUT2D eigenvalue weighted by Gasteiger charge is 2.21. The second-order valence-electron chi connectivity index (χ2n) is 6.17. The van der Waals surface area contributed by atoms with Crippen LogP contribution in [0.3, 0.4) is 0 Å². The summed E-state index contributed by atoms with van der Waals surface area (Å²) in [6.07, 6.45) is 4.05. The second-order valence-corrected chi connectivity index (χ2v) is 6.58. The minimum atomic E-state index is -0.522. The monoisotopic (exact) mass is 374 g/mol. The first-order valence-electron chi connectivity index (χ1n) is 8.17. The maximum absolute atomic E-state index is 13.3. The average molecular weight is 375 g/mol. The minimum absolute atomic E-state index is 0.0275. The van der Waals surface area contributed by atoms with Crippen molar-refractivity contribution in [1.82, 2.24) is 15.0 Å². The number of amidine groups is 1. The molecule has 0 amide bonds. The van der Waals surface area contributed by atoms with E-state index in [0.717, 1.165) is 6.54 Å². The zero-order valence-electron chi connectivity index (χ0n) is 13.6. The minimum Gasteiger partial charge on any atom is -0.409 e. The molecular weight excluding hydrogens is 359 g/mol. The molecule has 0 saturated heterocycles. The predicted molar refractivity (Wildman–Crippen MR) is 98.5 cm³/mol. The Morgan fingerprint density at radius 3 is 2.96 bits per heavy atom. The van der Waals surface area contributed by atoms with Crippen molar-refractivity contribution < 1.29 is 9.60 Å². The van der Waals surface area contributed by atoms with E-state index in [2.05, 4.69) is 30.7 Å². The molecule has 0 bridgehead atoms. The number of rotatable bonds is 5. The molecule has 2 aromatic heterocycles. The van der Waals surface area contributed by atoms with Gasteiger partial charge in [-0.15, -0.1) is 0 Å². The number of pyridine rings is 1. The van der Waals surface area contributed by atoms with Gasteiger partial charge < -0.3 is 20.8 Å². The van der Waals surface area contributed by atoms with Crippen molar-refractivity contribution >= 4 is 40.2 Å². The van der Waals surface area contributed by atoms with Crippen LogP contribution < -0.4 is 10.6 Å². The fraction of sp³-hybridized carbons (Fsp3) is 0.235. The number of oxime groups is 1. The summed E-state index contributed by atoms with van der Waals surface area (Å²) in [5, 5.41) is 18.9. The highest BCUT2D eigenvalue weighted by Crippen LogP contribution is 2.29. The molecule has 0 radical (unpaired) electrons. The van der Waals surface area contributed by atoms with Gasteiger partial charge in [-0.05, 0) is 43.0 Å². The van der Waals surface area contributed by atoms with Crippen LogP contribution in [0, 0.1) is 11.7 Å². The smallest absolute Gasteiger partial charge is 0.202 e. The second kappa shape index (κ2) is 6.80. The highest BCUT2D eigenvalue weighted by molar-refractivity contribution is 6.31. The Morgan fingerprint density at radius 2 is 2.23 bits per heavy atom. The Hall–Kier alpha value is -2.87. The van der Waals surface area contributed by atoms with E-state index < -0.39 is 5.82 Å². The molecule has 1 aliphatic rings. The molecule has 2 heterocycles. The number of aromatic amines is 1. The van der Waals surface area contributed by atoms with E-state index >= 15 is 0 Å². The van der Waals surface area contributed by atoms with E-state index in [0.29, 0.717) is 34.3 Å². The average Bonchev–Trinajstić information content (AvgIpc) is 3.38. The number of fused-ring (bicyclic) bond motifs is 1. The fourth-order valence-corrected chi connectivity index (χ4v) is 2.79. The Kier molecular flexibility index (Phi) is 4.34. The van der Waals surface area contributed by atoms with Crippen LogP contribution in [-0.2, 0) is 0 Å². The molecule has 1 fully saturated rings. The van der Waals surface area contributed by atoms with Crippen molar-refractivity contribution in [3.8, 4) is 0 Å². The first-order valence-corrected chi connectivity index (χ1v) is 8.55. The van der Waals surface area contributed by atoms with E-state index in [1.165, 1.54) is 31.0 Å². The summed E-state index contributed by atoms with van der Waals surface area (Å²) in [5.74, 6) is 0.965. The van der Waals surface area contributed by atoms with Crippen molar-refractivity contribution in [1.29, 1.82) is 0 Å². The Morgan fingerprint density at radius 1 is 1.38 bits per heavy atom. The van der Waals surface area contributed by atoms with Crippen molar-refractivity contribution in [2.75, 3.05) is 17.2 Å². The number of imidazole rings is 1. The summed E-state index contributed by atoms with van der Waals surface area (Å²) in [6, 6.07) is 5.84. The molecule has 1 saturated carbocycles. The standard InChI is InChI=1S/C17H16ClFN6O/c18-12-7-10(3-4-13(12)19)22-15(25-26)11-5-6-20-16-14(11)23-17(24-16)21-8-9-1-2-9/h3-7,9,26H,1-2,8H2,(H,22,25)(H2,20,21,23,24). The van der Waals surface area contributed by atoms with Crippen LogP contribution in [0.1, 0.15) is 18.4 Å². The SMILES string of the molecule is O/N=C(\Nc1ccc(F)c(Cl)c1)c1ccnc2nc(NCC3CC3)[nH]c12. The van der Waals surface area contributed by atoms with Crippen LogP contribution in [-0.4, -0.2) is 32.5 Å². The van der Waals surface area contributed by atoms with Crippen LogP contribution in [0.4, 0.5) is 16.0 Å². The van der Waals surface area contributed by atoms with Gasteiger partial charge in [0.2, 0.25) is 5.95 Å². The Balaban J connectivity index is 1.63. The molecule has 4 rings (SSSR count). The third kappa shape index (κ3) is 3.41. The van der Waals surface area contributed by atoms with Crippen molar-refractivity contribution in [2.24, 2.45) is 11.1 Å². The number of hydrogen-bond acceptors (Lipinski definition) is 5. The lowest BCUT2D eigenvalue weighted by atomic mass is 10.2. The van der Waals surface area contributed by atoms with Crippen LogP contribution in [0.2, 0.25) is 5.02 Å². The molecule has 3 aromatic rings. The Bertz CT molecular complexity index is 985. The third-order valence-corrected chi connectivity index (χ3v) is 4.47. The van der Waals surface area contributed by atoms with E-state index in [-0.39, 0.29) is 10.9 Å². The molecule has 26 heavy (non-hydrogen) atoms. The largest absolute Gasteiger partial charge is 0.409 e. The first-order chi connectivity index (χ1) is 12.6. The first kappa shape index (κ1) is 16.6. The number of H-pyrrole nitrogens is 1. The molecule has 0 spiro atoms. The van der Waals surface area contributed by atoms with Crippen molar-refractivity contribution in [3.05, 3.63) is 46.9 Å². The third-order valence-electron chi connectivity index (χ3n) is 4.18. The summed E-state index contributed by atoms with van der Waals surface area (Å²) in [4.78, 5) is 11.8. The van der Waals surface area contributed by atoms with Crippen molar-refractivity contribution in [2.45, 2.75) is 12.8 Å². The molecule has 7 nitrogen and oxygen atoms in total. The number of aromatic nitrogens is 3. The normalized spacial score (nSPS) is 14.6. The summed E-state index contributed by atoms with van der Waals surface area (Å²) >= 11 is 5.80. The van der Waals surface area contributed by atoms with Gasteiger partial charge in [0.1, 0.15) is 5.82 Å². The van der Waals surface area contributed by atoms with E-state index in [9.17, 15) is 9.60 Å². The number of hydrogen-bond donors (Lipinski definition) is 4. The number of halogens is 2. The van der Waals surface area contributed by atoms with Gasteiger partial charge in [0, 0.05) is 24.0 Å². The molecule has 0 aliphatic heterocycles. The van der Waals surface area contributed by atoms with Gasteiger partial charge in [-0.2, -0.15) is 4.98 Å². The molecule has 134 valence electrons. The van der Waals surface area contributed by atoms with Crippen LogP contribution in [0.25, 0.3) is 11.2 Å². The lowest BCUT2D eigenvalue weighted by molar-refractivity contribution is 0.319. The fourth-order valence-electron chi connectivity index (χ4n) is 2.61. The van der Waals surface area contributed by atoms with E-state index in [4.69, 9.17) is 11.6 Å². The zero-order chi connectivity index (χ0) is 18.1. The molecular formula is C17H16ClFN6O. The number of nitrogens with one attached hydrogen (secondary N) is 3. The molecule has 0 atom stereocenters. The summed E-state index contributed by atoms with van der Waals surface area (Å²) in [7, 11) is 0. The van der Waals surface area contributed by atoms with Crippen LogP contribution in [0.5, 0.6) is 0 Å². The van der Waals surface area contributed by atoms with Crippen LogP contribution >= 0.6 is 11.6 Å². The van der Waals surface area contributed by atoms with Crippen LogP contribution in [0.15, 0.2) is 35.6 Å². The Labute approximate surface area is 153 Å². The zero-order valence-corrected chi connectivity index (χ0v) is 14.4. The van der Waals surface area contributed by atoms with Gasteiger partial charge in [-0.25, -0.2) is 9.37 Å². The predicted octanol–water partition coefficient (Wildman–Crippen LogP) is 3.82. The van der Waals surface area contributed by atoms with E-state index in [1.54, 1.807) is 12.3 Å². The molecule has 4 N–H and O–H groups in total. The lowest BCUT2D eigenvalue weighted by Gasteiger charge is -2.09. The number of benzene rings is 1. The summed E-state index contributed by atoms with van der Waals surface area (Å²) in [6.45, 7) is 0.864. The van der Waals surface area contributed by atoms with Gasteiger partial charge in [-0.3, -0.25) is 0 Å². The lowest BCUT2D eigenvalue weighted by Crippen LogP contribution is -2.14. The van der Waals surface area contributed by atoms with Gasteiger partial charge in [-0.1, -0.05) is 16.8 Å². The maximum Gasteiger partial charge on any atom is 0.202 e. The molecule has 9 heteroatoms. The van der Waals surface area contributed by atoms with Gasteiger partial charge in [0.25, 0.3) is 0 Å². The highest BCUT2D eigenvalue weighted by atomic mass is 35.5. The molecule has 1 aliphatic carbocycles. The van der Waals surface area contributed by atoms with Gasteiger partial charge in [0.15, 0.2) is 11.5 Å².